The highest BCUT2D eigenvalue weighted by atomic mass is 35.5. The Morgan fingerprint density at radius 3 is 2.38 bits per heavy atom. The SMILES string of the molecule is COc1ccc(CNc2nc(N[C@H]3CC[C@H](N)CC3)nc3c2ncn3C2CCCC2)cc1.Cl.Cl. The maximum Gasteiger partial charge on any atom is 0.227 e. The third-order valence-corrected chi connectivity index (χ3v) is 6.86. The number of benzene rings is 1. The van der Waals surface area contributed by atoms with E-state index in [1.807, 2.05) is 18.5 Å². The molecule has 0 spiro atoms. The summed E-state index contributed by atoms with van der Waals surface area (Å²) in [4.78, 5) is 14.5. The third kappa shape index (κ3) is 5.85. The zero-order valence-electron chi connectivity index (χ0n) is 19.6. The molecular formula is C24H35Cl2N7O. The summed E-state index contributed by atoms with van der Waals surface area (Å²) in [5.41, 5.74) is 9.00. The van der Waals surface area contributed by atoms with Crippen LogP contribution in [0.15, 0.2) is 30.6 Å². The minimum Gasteiger partial charge on any atom is -0.497 e. The van der Waals surface area contributed by atoms with Crippen molar-refractivity contribution in [3.05, 3.63) is 36.2 Å². The normalized spacial score (nSPS) is 20.4. The number of hydrogen-bond acceptors (Lipinski definition) is 7. The van der Waals surface area contributed by atoms with Gasteiger partial charge in [0.25, 0.3) is 0 Å². The first-order valence-corrected chi connectivity index (χ1v) is 11.8. The van der Waals surface area contributed by atoms with E-state index < -0.39 is 0 Å². The Balaban J connectivity index is 0.00000162. The van der Waals surface area contributed by atoms with Gasteiger partial charge in [0.1, 0.15) is 5.75 Å². The number of fused-ring (bicyclic) bond motifs is 1. The highest BCUT2D eigenvalue weighted by molar-refractivity contribution is 5.86. The van der Waals surface area contributed by atoms with Crippen molar-refractivity contribution in [3.63, 3.8) is 0 Å². The van der Waals surface area contributed by atoms with E-state index in [0.29, 0.717) is 30.6 Å². The molecule has 2 aromatic heterocycles. The van der Waals surface area contributed by atoms with Crippen molar-refractivity contribution < 1.29 is 4.74 Å². The second-order valence-corrected chi connectivity index (χ2v) is 9.12. The van der Waals surface area contributed by atoms with Gasteiger partial charge in [0.15, 0.2) is 17.0 Å². The quantitative estimate of drug-likeness (QED) is 0.409. The highest BCUT2D eigenvalue weighted by Gasteiger charge is 2.23. The number of aromatic nitrogens is 4. The van der Waals surface area contributed by atoms with Gasteiger partial charge in [-0.1, -0.05) is 25.0 Å². The first kappa shape index (κ1) is 26.3. The number of imidazole rings is 1. The zero-order valence-corrected chi connectivity index (χ0v) is 21.2. The average molecular weight is 508 g/mol. The van der Waals surface area contributed by atoms with Gasteiger partial charge < -0.3 is 25.7 Å². The number of methoxy groups -OCH3 is 1. The van der Waals surface area contributed by atoms with Crippen LogP contribution in [0.25, 0.3) is 11.2 Å². The fourth-order valence-electron chi connectivity index (χ4n) is 4.93. The van der Waals surface area contributed by atoms with Crippen LogP contribution in [0.3, 0.4) is 0 Å². The molecule has 0 radical (unpaired) electrons. The molecule has 8 nitrogen and oxygen atoms in total. The Bertz CT molecular complexity index is 1050. The van der Waals surface area contributed by atoms with Crippen molar-refractivity contribution >= 4 is 47.7 Å². The van der Waals surface area contributed by atoms with Crippen molar-refractivity contribution in [3.8, 4) is 5.75 Å². The van der Waals surface area contributed by atoms with Crippen LogP contribution in [0.1, 0.15) is 63.0 Å². The predicted molar refractivity (Wildman–Crippen MR) is 141 cm³/mol. The smallest absolute Gasteiger partial charge is 0.227 e. The summed E-state index contributed by atoms with van der Waals surface area (Å²) >= 11 is 0. The van der Waals surface area contributed by atoms with Crippen LogP contribution in [0, 0.1) is 0 Å². The molecule has 186 valence electrons. The number of hydrogen-bond donors (Lipinski definition) is 3. The number of anilines is 2. The predicted octanol–water partition coefficient (Wildman–Crippen LogP) is 5.09. The van der Waals surface area contributed by atoms with Crippen molar-refractivity contribution in [2.24, 2.45) is 5.73 Å². The molecular weight excluding hydrogens is 473 g/mol. The Labute approximate surface area is 213 Å². The topological polar surface area (TPSA) is 103 Å². The number of halogens is 2. The molecule has 3 aromatic rings. The number of nitrogens with two attached hydrogens (primary N) is 1. The van der Waals surface area contributed by atoms with E-state index in [4.69, 9.17) is 25.4 Å². The van der Waals surface area contributed by atoms with Gasteiger partial charge in [0.05, 0.1) is 13.4 Å². The molecule has 2 saturated carbocycles. The van der Waals surface area contributed by atoms with E-state index in [1.54, 1.807) is 7.11 Å². The standard InChI is InChI=1S/C24H33N7O.2ClH/c1-32-20-12-6-16(7-13-20)14-26-22-21-23(31(15-27-21)19-4-2-3-5-19)30-24(29-22)28-18-10-8-17(25)9-11-18;;/h6-7,12-13,15,17-19H,2-5,8-11,14,25H2,1H3,(H2,26,28,29,30);2*1H/t17-,18-;;. The molecule has 2 fully saturated rings. The van der Waals surface area contributed by atoms with Gasteiger partial charge in [-0.3, -0.25) is 0 Å². The molecule has 0 aliphatic heterocycles. The number of nitrogens with one attached hydrogen (secondary N) is 2. The van der Waals surface area contributed by atoms with Gasteiger partial charge in [-0.15, -0.1) is 24.8 Å². The summed E-state index contributed by atoms with van der Waals surface area (Å²) in [5.74, 6) is 2.31. The molecule has 2 aliphatic rings. The third-order valence-electron chi connectivity index (χ3n) is 6.86. The molecule has 0 unspecified atom stereocenters. The second kappa shape index (κ2) is 11.9. The fraction of sp³-hybridized carbons (Fsp3) is 0.542. The van der Waals surface area contributed by atoms with E-state index in [1.165, 1.54) is 25.7 Å². The minimum absolute atomic E-state index is 0. The maximum absolute atomic E-state index is 6.09. The van der Waals surface area contributed by atoms with Crippen LogP contribution in [-0.4, -0.2) is 38.7 Å². The van der Waals surface area contributed by atoms with Crippen LogP contribution in [-0.2, 0) is 6.54 Å². The van der Waals surface area contributed by atoms with Crippen molar-refractivity contribution in [1.29, 1.82) is 0 Å². The Kier molecular flexibility index (Phi) is 9.22. The van der Waals surface area contributed by atoms with E-state index in [-0.39, 0.29) is 24.8 Å². The largest absolute Gasteiger partial charge is 0.497 e. The van der Waals surface area contributed by atoms with Gasteiger partial charge in [-0.2, -0.15) is 9.97 Å². The highest BCUT2D eigenvalue weighted by Crippen LogP contribution is 2.33. The number of rotatable bonds is 7. The molecule has 0 amide bonds. The van der Waals surface area contributed by atoms with E-state index >= 15 is 0 Å². The molecule has 0 atom stereocenters. The minimum atomic E-state index is 0. The molecule has 2 aliphatic carbocycles. The summed E-state index contributed by atoms with van der Waals surface area (Å²) in [5, 5.41) is 7.08. The number of ether oxygens (including phenoxy) is 1. The van der Waals surface area contributed by atoms with Crippen molar-refractivity contribution in [2.45, 2.75) is 76.0 Å². The van der Waals surface area contributed by atoms with Gasteiger partial charge >= 0.3 is 0 Å². The van der Waals surface area contributed by atoms with E-state index in [9.17, 15) is 0 Å². The number of nitrogens with zero attached hydrogens (tertiary/aromatic N) is 4. The first-order chi connectivity index (χ1) is 15.7. The first-order valence-electron chi connectivity index (χ1n) is 11.8. The fourth-order valence-corrected chi connectivity index (χ4v) is 4.93. The molecule has 0 saturated heterocycles. The van der Waals surface area contributed by atoms with Crippen molar-refractivity contribution in [2.75, 3.05) is 17.7 Å². The molecule has 34 heavy (non-hydrogen) atoms. The Morgan fingerprint density at radius 1 is 1.00 bits per heavy atom. The van der Waals surface area contributed by atoms with Crippen LogP contribution in [0.2, 0.25) is 0 Å². The summed E-state index contributed by atoms with van der Waals surface area (Å²) in [6.45, 7) is 0.657. The van der Waals surface area contributed by atoms with Gasteiger partial charge in [0, 0.05) is 24.7 Å². The monoisotopic (exact) mass is 507 g/mol. The lowest BCUT2D eigenvalue weighted by molar-refractivity contribution is 0.410. The lowest BCUT2D eigenvalue weighted by Crippen LogP contribution is -2.33. The van der Waals surface area contributed by atoms with Crippen molar-refractivity contribution in [1.82, 2.24) is 19.5 Å². The molecule has 10 heteroatoms. The maximum atomic E-state index is 6.09. The van der Waals surface area contributed by atoms with Gasteiger partial charge in [0.2, 0.25) is 5.95 Å². The zero-order chi connectivity index (χ0) is 21.9. The summed E-state index contributed by atoms with van der Waals surface area (Å²) < 4.78 is 7.52. The van der Waals surface area contributed by atoms with E-state index in [2.05, 4.69) is 27.3 Å². The molecule has 2 heterocycles. The van der Waals surface area contributed by atoms with Crippen LogP contribution in [0.5, 0.6) is 5.75 Å². The van der Waals surface area contributed by atoms with Crippen LogP contribution < -0.4 is 21.1 Å². The Hall–Kier alpha value is -2.29. The molecule has 5 rings (SSSR count). The second-order valence-electron chi connectivity index (χ2n) is 9.12. The molecule has 1 aromatic carbocycles. The summed E-state index contributed by atoms with van der Waals surface area (Å²) in [6, 6.07) is 9.23. The lowest BCUT2D eigenvalue weighted by Gasteiger charge is -2.27. The average Bonchev–Trinajstić information content (AvgIpc) is 3.49. The summed E-state index contributed by atoms with van der Waals surface area (Å²) in [6.07, 6.45) is 11.1. The molecule has 0 bridgehead atoms. The Morgan fingerprint density at radius 2 is 1.71 bits per heavy atom. The summed E-state index contributed by atoms with van der Waals surface area (Å²) in [7, 11) is 1.68. The van der Waals surface area contributed by atoms with Crippen LogP contribution >= 0.6 is 24.8 Å². The van der Waals surface area contributed by atoms with Gasteiger partial charge in [-0.05, 0) is 56.2 Å². The molecule has 4 N–H and O–H groups in total. The van der Waals surface area contributed by atoms with Gasteiger partial charge in [-0.25, -0.2) is 4.98 Å². The van der Waals surface area contributed by atoms with Crippen LogP contribution in [0.4, 0.5) is 11.8 Å². The van der Waals surface area contributed by atoms with E-state index in [0.717, 1.165) is 54.0 Å². The lowest BCUT2D eigenvalue weighted by atomic mass is 9.92.